The van der Waals surface area contributed by atoms with E-state index in [0.717, 1.165) is 5.56 Å². The first kappa shape index (κ1) is 12.1. The lowest BCUT2D eigenvalue weighted by molar-refractivity contribution is -0.0112. The average molecular weight is 212 g/mol. The lowest BCUT2D eigenvalue weighted by Crippen LogP contribution is -2.24. The second kappa shape index (κ2) is 4.73. The summed E-state index contributed by atoms with van der Waals surface area (Å²) >= 11 is 0. The van der Waals surface area contributed by atoms with Crippen LogP contribution < -0.4 is 0 Å². The Morgan fingerprint density at radius 3 is 2.33 bits per heavy atom. The van der Waals surface area contributed by atoms with Crippen LogP contribution in [0.4, 0.5) is 4.39 Å². The second-order valence-corrected chi connectivity index (χ2v) is 4.20. The minimum atomic E-state index is -1.16. The number of hydrogen-bond donors (Lipinski definition) is 2. The predicted molar refractivity (Wildman–Crippen MR) is 56.9 cm³/mol. The Morgan fingerprint density at radius 1 is 1.20 bits per heavy atom. The minimum Gasteiger partial charge on any atom is -0.390 e. The van der Waals surface area contributed by atoms with Gasteiger partial charge in [-0.25, -0.2) is 4.39 Å². The van der Waals surface area contributed by atoms with Crippen LogP contribution in [0.25, 0.3) is 0 Å². The number of aliphatic hydroxyl groups is 2. The zero-order chi connectivity index (χ0) is 11.6. The zero-order valence-corrected chi connectivity index (χ0v) is 9.24. The smallest absolute Gasteiger partial charge is 0.129 e. The summed E-state index contributed by atoms with van der Waals surface area (Å²) in [7, 11) is 0. The third-order valence-electron chi connectivity index (χ3n) is 2.48. The van der Waals surface area contributed by atoms with Gasteiger partial charge in [0.05, 0.1) is 6.10 Å². The zero-order valence-electron chi connectivity index (χ0n) is 9.24. The van der Waals surface area contributed by atoms with E-state index in [9.17, 15) is 14.6 Å². The number of aliphatic hydroxyl groups excluding tert-OH is 2. The van der Waals surface area contributed by atoms with Gasteiger partial charge in [0.25, 0.3) is 0 Å². The second-order valence-electron chi connectivity index (χ2n) is 4.20. The SMILES string of the molecule is Cc1ccc(F)c(C(O)C(O)C(C)C)c1. The van der Waals surface area contributed by atoms with Crippen molar-refractivity contribution in [1.29, 1.82) is 0 Å². The van der Waals surface area contributed by atoms with Gasteiger partial charge in [-0.1, -0.05) is 31.5 Å². The van der Waals surface area contributed by atoms with E-state index in [1.807, 2.05) is 6.92 Å². The highest BCUT2D eigenvalue weighted by Gasteiger charge is 2.23. The molecule has 0 saturated carbocycles. The number of aryl methyl sites for hydroxylation is 1. The fourth-order valence-corrected chi connectivity index (χ4v) is 1.44. The molecule has 0 amide bonds. The summed E-state index contributed by atoms with van der Waals surface area (Å²) in [6.07, 6.45) is -2.11. The molecular formula is C12H17FO2. The number of hydrogen-bond acceptors (Lipinski definition) is 2. The molecular weight excluding hydrogens is 195 g/mol. The van der Waals surface area contributed by atoms with Crippen LogP contribution >= 0.6 is 0 Å². The van der Waals surface area contributed by atoms with Gasteiger partial charge in [-0.05, 0) is 18.9 Å². The molecule has 0 heterocycles. The lowest BCUT2D eigenvalue weighted by atomic mass is 9.95. The summed E-state index contributed by atoms with van der Waals surface area (Å²) in [5, 5.41) is 19.4. The van der Waals surface area contributed by atoms with E-state index in [1.165, 1.54) is 6.07 Å². The average Bonchev–Trinajstić information content (AvgIpc) is 2.19. The molecule has 0 spiro atoms. The van der Waals surface area contributed by atoms with E-state index in [0.29, 0.717) is 0 Å². The molecule has 0 aliphatic carbocycles. The molecule has 3 heteroatoms. The molecule has 0 radical (unpaired) electrons. The maximum absolute atomic E-state index is 13.4. The molecule has 1 aromatic rings. The van der Waals surface area contributed by atoms with Crippen molar-refractivity contribution in [3.05, 3.63) is 35.1 Å². The van der Waals surface area contributed by atoms with Crippen LogP contribution in [0.2, 0.25) is 0 Å². The Morgan fingerprint density at radius 2 is 1.80 bits per heavy atom. The molecule has 2 unspecified atom stereocenters. The van der Waals surface area contributed by atoms with Gasteiger partial charge in [-0.2, -0.15) is 0 Å². The van der Waals surface area contributed by atoms with Gasteiger partial charge in [0.15, 0.2) is 0 Å². The van der Waals surface area contributed by atoms with Gasteiger partial charge >= 0.3 is 0 Å². The van der Waals surface area contributed by atoms with Gasteiger partial charge in [0.1, 0.15) is 11.9 Å². The normalized spacial score (nSPS) is 15.4. The molecule has 2 N–H and O–H groups in total. The molecule has 1 aromatic carbocycles. The van der Waals surface area contributed by atoms with Crippen LogP contribution in [-0.2, 0) is 0 Å². The quantitative estimate of drug-likeness (QED) is 0.806. The molecule has 0 aliphatic heterocycles. The number of halogens is 1. The number of benzene rings is 1. The highest BCUT2D eigenvalue weighted by atomic mass is 19.1. The summed E-state index contributed by atoms with van der Waals surface area (Å²) in [5.41, 5.74) is 1.03. The Balaban J connectivity index is 2.99. The van der Waals surface area contributed by atoms with Crippen LogP contribution in [0.1, 0.15) is 31.1 Å². The van der Waals surface area contributed by atoms with Crippen molar-refractivity contribution in [1.82, 2.24) is 0 Å². The van der Waals surface area contributed by atoms with Gasteiger partial charge in [0.2, 0.25) is 0 Å². The fraction of sp³-hybridized carbons (Fsp3) is 0.500. The van der Waals surface area contributed by atoms with Crippen molar-refractivity contribution in [2.75, 3.05) is 0 Å². The first-order valence-corrected chi connectivity index (χ1v) is 5.05. The van der Waals surface area contributed by atoms with Crippen molar-refractivity contribution in [2.24, 2.45) is 5.92 Å². The molecule has 15 heavy (non-hydrogen) atoms. The standard InChI is InChI=1S/C12H17FO2/c1-7(2)11(14)12(15)9-6-8(3)4-5-10(9)13/h4-7,11-12,14-15H,1-3H3. The molecule has 0 aromatic heterocycles. The molecule has 2 atom stereocenters. The maximum atomic E-state index is 13.4. The molecule has 0 saturated heterocycles. The van der Waals surface area contributed by atoms with E-state index in [-0.39, 0.29) is 11.5 Å². The number of rotatable bonds is 3. The van der Waals surface area contributed by atoms with Gasteiger partial charge in [-0.15, -0.1) is 0 Å². The molecule has 84 valence electrons. The molecule has 0 bridgehead atoms. The summed E-state index contributed by atoms with van der Waals surface area (Å²) in [6.45, 7) is 5.38. The van der Waals surface area contributed by atoms with Gasteiger partial charge < -0.3 is 10.2 Å². The lowest BCUT2D eigenvalue weighted by Gasteiger charge is -2.22. The van der Waals surface area contributed by atoms with Gasteiger partial charge in [0, 0.05) is 5.56 Å². The van der Waals surface area contributed by atoms with E-state index in [4.69, 9.17) is 0 Å². The van der Waals surface area contributed by atoms with Crippen molar-refractivity contribution >= 4 is 0 Å². The van der Waals surface area contributed by atoms with Crippen LogP contribution in [0.5, 0.6) is 0 Å². The molecule has 0 aliphatic rings. The van der Waals surface area contributed by atoms with E-state index in [2.05, 4.69) is 0 Å². The first-order chi connectivity index (χ1) is 6.93. The van der Waals surface area contributed by atoms with Crippen molar-refractivity contribution in [3.63, 3.8) is 0 Å². The Bertz CT molecular complexity index is 336. The molecule has 1 rings (SSSR count). The van der Waals surface area contributed by atoms with E-state index in [1.54, 1.807) is 26.0 Å². The fourth-order valence-electron chi connectivity index (χ4n) is 1.44. The Kier molecular flexibility index (Phi) is 3.83. The predicted octanol–water partition coefficient (Wildman–Crippen LogP) is 2.18. The third-order valence-corrected chi connectivity index (χ3v) is 2.48. The topological polar surface area (TPSA) is 40.5 Å². The van der Waals surface area contributed by atoms with Crippen molar-refractivity contribution in [3.8, 4) is 0 Å². The highest BCUT2D eigenvalue weighted by molar-refractivity contribution is 5.26. The summed E-state index contributed by atoms with van der Waals surface area (Å²) in [4.78, 5) is 0. The van der Waals surface area contributed by atoms with Crippen LogP contribution in [0, 0.1) is 18.7 Å². The van der Waals surface area contributed by atoms with E-state index >= 15 is 0 Å². The summed E-state index contributed by atoms with van der Waals surface area (Å²) in [5.74, 6) is -0.590. The minimum absolute atomic E-state index is 0.111. The first-order valence-electron chi connectivity index (χ1n) is 5.05. The Labute approximate surface area is 89.4 Å². The molecule has 2 nitrogen and oxygen atoms in total. The molecule has 0 fully saturated rings. The summed E-state index contributed by atoms with van der Waals surface area (Å²) < 4.78 is 13.4. The summed E-state index contributed by atoms with van der Waals surface area (Å²) in [6, 6.07) is 4.50. The highest BCUT2D eigenvalue weighted by Crippen LogP contribution is 2.24. The van der Waals surface area contributed by atoms with Crippen LogP contribution in [-0.4, -0.2) is 16.3 Å². The van der Waals surface area contributed by atoms with Gasteiger partial charge in [-0.3, -0.25) is 0 Å². The van der Waals surface area contributed by atoms with Crippen molar-refractivity contribution < 1.29 is 14.6 Å². The maximum Gasteiger partial charge on any atom is 0.129 e. The van der Waals surface area contributed by atoms with Crippen LogP contribution in [0.3, 0.4) is 0 Å². The monoisotopic (exact) mass is 212 g/mol. The van der Waals surface area contributed by atoms with Crippen LogP contribution in [0.15, 0.2) is 18.2 Å². The third kappa shape index (κ3) is 2.76. The van der Waals surface area contributed by atoms with E-state index < -0.39 is 18.0 Å². The Hall–Kier alpha value is -0.930. The largest absolute Gasteiger partial charge is 0.390 e. The van der Waals surface area contributed by atoms with Crippen molar-refractivity contribution in [2.45, 2.75) is 33.0 Å².